The number of hydrogen-bond acceptors (Lipinski definition) is 5. The number of carbonyl (C=O) groups excluding carboxylic acids is 2. The van der Waals surface area contributed by atoms with Crippen molar-refractivity contribution in [2.24, 2.45) is 5.73 Å². The van der Waals surface area contributed by atoms with Gasteiger partial charge in [-0.25, -0.2) is 9.59 Å². The zero-order valence-electron chi connectivity index (χ0n) is 11.9. The molecule has 1 aliphatic heterocycles. The number of carbonyl (C=O) groups is 3. The third kappa shape index (κ3) is 7.47. The summed E-state index contributed by atoms with van der Waals surface area (Å²) < 4.78 is 0. The molecule has 0 aromatic heterocycles. The van der Waals surface area contributed by atoms with Gasteiger partial charge in [0.05, 0.1) is 0 Å². The summed E-state index contributed by atoms with van der Waals surface area (Å²) in [5, 5.41) is 17.1. The molecule has 9 nitrogen and oxygen atoms in total. The minimum absolute atomic E-state index is 0.0180. The van der Waals surface area contributed by atoms with Gasteiger partial charge in [0.25, 0.3) is 0 Å². The minimum Gasteiger partial charge on any atom is -0.480 e. The number of carboxylic acid groups (broad SMARTS) is 1. The zero-order chi connectivity index (χ0) is 15.7. The summed E-state index contributed by atoms with van der Waals surface area (Å²) in [5.41, 5.74) is 4.96. The van der Waals surface area contributed by atoms with Gasteiger partial charge in [0.15, 0.2) is 0 Å². The first-order valence-corrected chi connectivity index (χ1v) is 6.97. The molecule has 120 valence electrons. The largest absolute Gasteiger partial charge is 0.480 e. The van der Waals surface area contributed by atoms with E-state index in [2.05, 4.69) is 20.9 Å². The Morgan fingerprint density at radius 2 is 1.95 bits per heavy atom. The van der Waals surface area contributed by atoms with E-state index in [-0.39, 0.29) is 12.8 Å². The van der Waals surface area contributed by atoms with E-state index in [1.807, 2.05) is 0 Å². The monoisotopic (exact) mass is 301 g/mol. The van der Waals surface area contributed by atoms with Gasteiger partial charge in [-0.2, -0.15) is 0 Å². The average Bonchev–Trinajstić information content (AvgIpc) is 2.44. The average molecular weight is 301 g/mol. The molecule has 1 heterocycles. The Balaban J connectivity index is 2.22. The van der Waals surface area contributed by atoms with Gasteiger partial charge >= 0.3 is 12.0 Å². The van der Waals surface area contributed by atoms with Crippen molar-refractivity contribution in [1.29, 1.82) is 0 Å². The molecule has 1 atom stereocenters. The number of urea groups is 1. The SMILES string of the molecule is NC(=O)CC[C@@H](NC(=O)NCCN1CCNCC1)C(=O)O. The van der Waals surface area contributed by atoms with Crippen LogP contribution in [0, 0.1) is 0 Å². The van der Waals surface area contributed by atoms with Gasteiger partial charge in [-0.15, -0.1) is 0 Å². The Bertz CT molecular complexity index is 371. The van der Waals surface area contributed by atoms with E-state index in [4.69, 9.17) is 10.8 Å². The molecule has 6 N–H and O–H groups in total. The molecule has 0 spiro atoms. The van der Waals surface area contributed by atoms with Crippen LogP contribution in [-0.2, 0) is 9.59 Å². The zero-order valence-corrected chi connectivity index (χ0v) is 11.9. The number of carboxylic acids is 1. The van der Waals surface area contributed by atoms with Gasteiger partial charge in [-0.3, -0.25) is 9.69 Å². The maximum absolute atomic E-state index is 11.6. The van der Waals surface area contributed by atoms with Crippen molar-refractivity contribution in [3.8, 4) is 0 Å². The highest BCUT2D eigenvalue weighted by atomic mass is 16.4. The predicted molar refractivity (Wildman–Crippen MR) is 75.7 cm³/mol. The summed E-state index contributed by atoms with van der Waals surface area (Å²) in [6.07, 6.45) is -0.103. The molecular formula is C12H23N5O4. The maximum atomic E-state index is 11.6. The number of nitrogens with one attached hydrogen (secondary N) is 3. The molecule has 0 saturated carbocycles. The number of nitrogens with zero attached hydrogens (tertiary/aromatic N) is 1. The van der Waals surface area contributed by atoms with Crippen LogP contribution in [0.5, 0.6) is 0 Å². The molecule has 1 saturated heterocycles. The van der Waals surface area contributed by atoms with Crippen LogP contribution in [0.1, 0.15) is 12.8 Å². The number of aliphatic carboxylic acids is 1. The highest BCUT2D eigenvalue weighted by Gasteiger charge is 2.20. The highest BCUT2D eigenvalue weighted by Crippen LogP contribution is 1.97. The summed E-state index contributed by atoms with van der Waals surface area (Å²) in [6, 6.07) is -1.67. The standard InChI is InChI=1S/C12H23N5O4/c13-10(18)2-1-9(11(19)20)16-12(21)15-5-8-17-6-3-14-4-7-17/h9,14H,1-8H2,(H2,13,18)(H,19,20)(H2,15,16,21)/t9-/m1/s1. The second-order valence-electron chi connectivity index (χ2n) is 4.89. The fourth-order valence-corrected chi connectivity index (χ4v) is 2.02. The van der Waals surface area contributed by atoms with Crippen molar-refractivity contribution in [3.05, 3.63) is 0 Å². The Hall–Kier alpha value is -1.87. The molecule has 1 rings (SSSR count). The first-order valence-electron chi connectivity index (χ1n) is 6.97. The fourth-order valence-electron chi connectivity index (χ4n) is 2.02. The molecule has 0 radical (unpaired) electrons. The Kier molecular flexibility index (Phi) is 7.48. The van der Waals surface area contributed by atoms with Crippen LogP contribution < -0.4 is 21.7 Å². The number of primary amides is 1. The van der Waals surface area contributed by atoms with Crippen LogP contribution in [0.2, 0.25) is 0 Å². The van der Waals surface area contributed by atoms with E-state index in [0.717, 1.165) is 26.2 Å². The second kappa shape index (κ2) is 9.14. The number of piperazine rings is 1. The maximum Gasteiger partial charge on any atom is 0.326 e. The lowest BCUT2D eigenvalue weighted by Crippen LogP contribution is -2.49. The van der Waals surface area contributed by atoms with Gasteiger partial charge in [-0.1, -0.05) is 0 Å². The normalized spacial score (nSPS) is 17.0. The smallest absolute Gasteiger partial charge is 0.326 e. The number of nitrogens with two attached hydrogens (primary N) is 1. The molecule has 0 aliphatic carbocycles. The van der Waals surface area contributed by atoms with Gasteiger partial charge < -0.3 is 26.8 Å². The molecule has 0 aromatic carbocycles. The molecule has 9 heteroatoms. The summed E-state index contributed by atoms with van der Waals surface area (Å²) in [6.45, 7) is 4.88. The Morgan fingerprint density at radius 1 is 1.29 bits per heavy atom. The van der Waals surface area contributed by atoms with Crippen molar-refractivity contribution in [1.82, 2.24) is 20.9 Å². The summed E-state index contributed by atoms with van der Waals surface area (Å²) in [5.74, 6) is -1.78. The van der Waals surface area contributed by atoms with E-state index in [1.165, 1.54) is 0 Å². The van der Waals surface area contributed by atoms with Crippen molar-refractivity contribution in [2.45, 2.75) is 18.9 Å². The van der Waals surface area contributed by atoms with Gasteiger partial charge in [0, 0.05) is 45.7 Å². The Morgan fingerprint density at radius 3 is 2.52 bits per heavy atom. The van der Waals surface area contributed by atoms with Crippen LogP contribution in [0.25, 0.3) is 0 Å². The van der Waals surface area contributed by atoms with Crippen LogP contribution in [0.3, 0.4) is 0 Å². The van der Waals surface area contributed by atoms with E-state index in [1.54, 1.807) is 0 Å². The molecule has 1 fully saturated rings. The van der Waals surface area contributed by atoms with Gasteiger partial charge in [0.1, 0.15) is 6.04 Å². The van der Waals surface area contributed by atoms with Crippen LogP contribution in [-0.4, -0.2) is 73.2 Å². The summed E-state index contributed by atoms with van der Waals surface area (Å²) in [7, 11) is 0. The lowest BCUT2D eigenvalue weighted by atomic mass is 10.1. The quantitative estimate of drug-likeness (QED) is 0.349. The summed E-state index contributed by atoms with van der Waals surface area (Å²) >= 11 is 0. The molecule has 0 unspecified atom stereocenters. The fraction of sp³-hybridized carbons (Fsp3) is 0.750. The van der Waals surface area contributed by atoms with Crippen molar-refractivity contribution in [3.63, 3.8) is 0 Å². The molecule has 21 heavy (non-hydrogen) atoms. The van der Waals surface area contributed by atoms with Crippen LogP contribution in [0.4, 0.5) is 4.79 Å². The lowest BCUT2D eigenvalue weighted by molar-refractivity contribution is -0.139. The Labute approximate surface area is 123 Å². The first-order chi connectivity index (χ1) is 9.99. The molecule has 0 bridgehead atoms. The van der Waals surface area contributed by atoms with Crippen LogP contribution >= 0.6 is 0 Å². The van der Waals surface area contributed by atoms with E-state index < -0.39 is 23.9 Å². The van der Waals surface area contributed by atoms with E-state index in [0.29, 0.717) is 13.1 Å². The molecule has 3 amide bonds. The third-order valence-corrected chi connectivity index (χ3v) is 3.21. The van der Waals surface area contributed by atoms with Crippen LogP contribution in [0.15, 0.2) is 0 Å². The number of hydrogen-bond donors (Lipinski definition) is 5. The van der Waals surface area contributed by atoms with E-state index in [9.17, 15) is 14.4 Å². The molecule has 1 aliphatic rings. The van der Waals surface area contributed by atoms with Crippen molar-refractivity contribution < 1.29 is 19.5 Å². The third-order valence-electron chi connectivity index (χ3n) is 3.21. The number of rotatable bonds is 8. The van der Waals surface area contributed by atoms with Crippen molar-refractivity contribution in [2.75, 3.05) is 39.3 Å². The van der Waals surface area contributed by atoms with Crippen molar-refractivity contribution >= 4 is 17.9 Å². The second-order valence-corrected chi connectivity index (χ2v) is 4.89. The lowest BCUT2D eigenvalue weighted by Gasteiger charge is -2.27. The summed E-state index contributed by atoms with van der Waals surface area (Å²) in [4.78, 5) is 35.4. The highest BCUT2D eigenvalue weighted by molar-refractivity contribution is 5.83. The van der Waals surface area contributed by atoms with Gasteiger partial charge in [0.2, 0.25) is 5.91 Å². The predicted octanol–water partition coefficient (Wildman–Crippen LogP) is -2.09. The minimum atomic E-state index is -1.19. The molecule has 0 aromatic rings. The number of amides is 3. The topological polar surface area (TPSA) is 137 Å². The first kappa shape index (κ1) is 17.2. The van der Waals surface area contributed by atoms with E-state index >= 15 is 0 Å². The van der Waals surface area contributed by atoms with Gasteiger partial charge in [-0.05, 0) is 6.42 Å². The molecular weight excluding hydrogens is 278 g/mol.